The molecule has 0 bridgehead atoms. The second kappa shape index (κ2) is 11.2. The molecule has 0 radical (unpaired) electrons. The number of ketones is 1. The van der Waals surface area contributed by atoms with Crippen LogP contribution in [0, 0.1) is 17.3 Å². The van der Waals surface area contributed by atoms with E-state index in [1.165, 1.54) is 0 Å². The summed E-state index contributed by atoms with van der Waals surface area (Å²) >= 11 is 0. The molecule has 1 unspecified atom stereocenters. The third-order valence-corrected chi connectivity index (χ3v) is 8.65. The van der Waals surface area contributed by atoms with E-state index in [4.69, 9.17) is 9.47 Å². The first kappa shape index (κ1) is 28.4. The summed E-state index contributed by atoms with van der Waals surface area (Å²) in [5.74, 6) is -1.70. The first-order valence-corrected chi connectivity index (χ1v) is 13.7. The predicted octanol–water partition coefficient (Wildman–Crippen LogP) is 5.09. The summed E-state index contributed by atoms with van der Waals surface area (Å²) in [5, 5.41) is 23.2. The molecule has 4 rings (SSSR count). The number of cyclic esters (lactones) is 1. The summed E-state index contributed by atoms with van der Waals surface area (Å²) in [6.45, 7) is 11.0. The fraction of sp³-hybridized carbons (Fsp3) is 0.581. The summed E-state index contributed by atoms with van der Waals surface area (Å²) < 4.78 is 12.1. The Kier molecular flexibility index (Phi) is 8.40. The Bertz CT molecular complexity index is 1180. The van der Waals surface area contributed by atoms with E-state index in [9.17, 15) is 19.8 Å². The van der Waals surface area contributed by atoms with Crippen molar-refractivity contribution in [1.82, 2.24) is 4.98 Å². The van der Waals surface area contributed by atoms with Gasteiger partial charge in [-0.15, -0.1) is 6.58 Å². The Morgan fingerprint density at radius 2 is 1.95 bits per heavy atom. The monoisotopic (exact) mass is 523 g/mol. The summed E-state index contributed by atoms with van der Waals surface area (Å²) in [6.07, 6.45) is 3.37. The molecule has 7 atom stereocenters. The van der Waals surface area contributed by atoms with E-state index in [1.807, 2.05) is 37.3 Å². The van der Waals surface area contributed by atoms with Crippen molar-refractivity contribution in [3.63, 3.8) is 0 Å². The van der Waals surface area contributed by atoms with E-state index >= 15 is 0 Å². The molecule has 3 heterocycles. The molecular formula is C31H41NO6. The maximum absolute atomic E-state index is 13.6. The van der Waals surface area contributed by atoms with Gasteiger partial charge in [-0.05, 0) is 49.8 Å². The van der Waals surface area contributed by atoms with Crippen LogP contribution in [0.4, 0.5) is 0 Å². The number of esters is 1. The molecule has 0 saturated carbocycles. The lowest BCUT2D eigenvalue weighted by Crippen LogP contribution is -2.46. The number of carbonyl (C=O) groups is 2. The number of rotatable bonds is 3. The maximum atomic E-state index is 13.6. The molecule has 2 aliphatic rings. The molecule has 1 aromatic carbocycles. The minimum atomic E-state index is -1.27. The number of pyridine rings is 1. The van der Waals surface area contributed by atoms with Crippen molar-refractivity contribution in [2.24, 2.45) is 17.3 Å². The number of allylic oxidation sites excluding steroid dienone is 1. The molecule has 1 aromatic heterocycles. The van der Waals surface area contributed by atoms with Crippen molar-refractivity contribution in [2.75, 3.05) is 0 Å². The van der Waals surface area contributed by atoms with E-state index in [1.54, 1.807) is 26.1 Å². The van der Waals surface area contributed by atoms with Gasteiger partial charge >= 0.3 is 5.97 Å². The lowest BCUT2D eigenvalue weighted by atomic mass is 9.71. The number of benzene rings is 1. The number of aromatic nitrogens is 1. The van der Waals surface area contributed by atoms with Crippen LogP contribution in [-0.4, -0.2) is 50.9 Å². The first-order chi connectivity index (χ1) is 18.0. The highest BCUT2D eigenvalue weighted by atomic mass is 16.6. The van der Waals surface area contributed by atoms with Gasteiger partial charge in [-0.1, -0.05) is 51.5 Å². The third kappa shape index (κ3) is 6.00. The number of nitrogens with zero attached hydrogens (tertiary/aromatic N) is 1. The lowest BCUT2D eigenvalue weighted by Gasteiger charge is -2.35. The summed E-state index contributed by atoms with van der Waals surface area (Å²) in [4.78, 5) is 31.2. The van der Waals surface area contributed by atoms with Gasteiger partial charge in [-0.3, -0.25) is 14.6 Å². The topological polar surface area (TPSA) is 109 Å². The Hall–Kier alpha value is -2.61. The Morgan fingerprint density at radius 1 is 1.18 bits per heavy atom. The van der Waals surface area contributed by atoms with Gasteiger partial charge in [0.05, 0.1) is 41.3 Å². The highest BCUT2D eigenvalue weighted by Gasteiger charge is 2.53. The SMILES string of the molecule is C=CC[C@@H]1C(=O)C(C)(C)[C@H](O)CC(=O)O[C@H](c2ccc3cccnc3c2)CC2O[C@@]2(C)CCC[C@H](C)[C@H]1O. The minimum Gasteiger partial charge on any atom is -0.457 e. The van der Waals surface area contributed by atoms with E-state index in [0.717, 1.165) is 35.7 Å². The molecular weight excluding hydrogens is 482 g/mol. The quantitative estimate of drug-likeness (QED) is 0.328. The van der Waals surface area contributed by atoms with Gasteiger partial charge in [-0.2, -0.15) is 0 Å². The average Bonchev–Trinajstić information content (AvgIpc) is 3.53. The maximum Gasteiger partial charge on any atom is 0.309 e. The average molecular weight is 524 g/mol. The van der Waals surface area contributed by atoms with E-state index in [-0.39, 0.29) is 29.8 Å². The molecule has 2 aliphatic heterocycles. The molecule has 2 N–H and O–H groups in total. The highest BCUT2D eigenvalue weighted by Crippen LogP contribution is 2.46. The van der Waals surface area contributed by atoms with Gasteiger partial charge in [0.2, 0.25) is 0 Å². The molecule has 38 heavy (non-hydrogen) atoms. The number of fused-ring (bicyclic) bond motifs is 2. The van der Waals surface area contributed by atoms with Crippen molar-refractivity contribution in [2.45, 2.75) is 96.2 Å². The van der Waals surface area contributed by atoms with Crippen LogP contribution in [0.2, 0.25) is 0 Å². The number of aliphatic hydroxyl groups excluding tert-OH is 2. The fourth-order valence-electron chi connectivity index (χ4n) is 5.72. The van der Waals surface area contributed by atoms with Crippen molar-refractivity contribution >= 4 is 22.7 Å². The zero-order valence-electron chi connectivity index (χ0n) is 22.9. The highest BCUT2D eigenvalue weighted by molar-refractivity contribution is 5.88. The van der Waals surface area contributed by atoms with Crippen LogP contribution in [0.15, 0.2) is 49.2 Å². The number of hydrogen-bond donors (Lipinski definition) is 2. The summed E-state index contributed by atoms with van der Waals surface area (Å²) in [7, 11) is 0. The summed E-state index contributed by atoms with van der Waals surface area (Å²) in [5.41, 5.74) is 0.0287. The standard InChI is InChI=1S/C31H41NO6/c1-6-9-22-28(35)19(2)10-7-14-31(5)26(38-31)17-24(21-13-12-20-11-8-15-32-23(20)16-21)37-27(34)18-25(33)30(3,4)29(22)36/h6,8,11-13,15-16,19,22,24-26,28,33,35H,1,7,9-10,14,17-18H2,2-5H3/t19-,22-,24-,25+,26?,28+,31-/m0/s1. The van der Waals surface area contributed by atoms with Crippen molar-refractivity contribution < 1.29 is 29.3 Å². The third-order valence-electron chi connectivity index (χ3n) is 8.65. The first-order valence-electron chi connectivity index (χ1n) is 13.7. The summed E-state index contributed by atoms with van der Waals surface area (Å²) in [6, 6.07) is 9.68. The van der Waals surface area contributed by atoms with E-state index < -0.39 is 35.6 Å². The van der Waals surface area contributed by atoms with E-state index in [0.29, 0.717) is 12.8 Å². The van der Waals surface area contributed by atoms with Crippen LogP contribution in [0.5, 0.6) is 0 Å². The molecule has 2 fully saturated rings. The van der Waals surface area contributed by atoms with Crippen molar-refractivity contribution in [3.8, 4) is 0 Å². The molecule has 7 nitrogen and oxygen atoms in total. The molecule has 0 amide bonds. The molecule has 7 heteroatoms. The normalized spacial score (nSPS) is 34.8. The van der Waals surface area contributed by atoms with Crippen molar-refractivity contribution in [1.29, 1.82) is 0 Å². The number of Topliss-reactive ketones (excluding diaryl/α,β-unsaturated/α-hetero) is 1. The Balaban J connectivity index is 1.63. The van der Waals surface area contributed by atoms with Gasteiger partial charge in [0.1, 0.15) is 11.9 Å². The number of hydrogen-bond acceptors (Lipinski definition) is 7. The van der Waals surface area contributed by atoms with Crippen LogP contribution in [0.3, 0.4) is 0 Å². The second-order valence-corrected chi connectivity index (χ2v) is 11.9. The number of carbonyl (C=O) groups excluding carboxylic acids is 2. The van der Waals surface area contributed by atoms with Crippen LogP contribution in [0.1, 0.15) is 77.9 Å². The molecule has 0 aliphatic carbocycles. The van der Waals surface area contributed by atoms with Crippen LogP contribution in [-0.2, 0) is 19.1 Å². The number of aliphatic hydroxyl groups is 2. The van der Waals surface area contributed by atoms with Crippen LogP contribution in [0.25, 0.3) is 10.9 Å². The smallest absolute Gasteiger partial charge is 0.309 e. The molecule has 206 valence electrons. The van der Waals surface area contributed by atoms with Crippen LogP contribution >= 0.6 is 0 Å². The fourth-order valence-corrected chi connectivity index (χ4v) is 5.72. The Labute approximate surface area is 225 Å². The van der Waals surface area contributed by atoms with Gasteiger partial charge in [-0.25, -0.2) is 0 Å². The molecule has 0 spiro atoms. The van der Waals surface area contributed by atoms with Gasteiger partial charge in [0, 0.05) is 23.9 Å². The van der Waals surface area contributed by atoms with Crippen molar-refractivity contribution in [3.05, 3.63) is 54.7 Å². The van der Waals surface area contributed by atoms with Gasteiger partial charge in [0.25, 0.3) is 0 Å². The number of ether oxygens (including phenoxy) is 2. The van der Waals surface area contributed by atoms with E-state index in [2.05, 4.69) is 18.5 Å². The largest absolute Gasteiger partial charge is 0.457 e. The molecule has 2 saturated heterocycles. The Morgan fingerprint density at radius 3 is 2.68 bits per heavy atom. The zero-order chi connectivity index (χ0) is 27.7. The zero-order valence-corrected chi connectivity index (χ0v) is 22.9. The molecule has 2 aromatic rings. The van der Waals surface area contributed by atoms with Gasteiger partial charge in [0.15, 0.2) is 0 Å². The number of epoxide rings is 1. The minimum absolute atomic E-state index is 0.0793. The second-order valence-electron chi connectivity index (χ2n) is 11.9. The lowest BCUT2D eigenvalue weighted by molar-refractivity contribution is -0.156. The van der Waals surface area contributed by atoms with Gasteiger partial charge < -0.3 is 19.7 Å². The van der Waals surface area contributed by atoms with Crippen LogP contribution < -0.4 is 0 Å². The predicted molar refractivity (Wildman–Crippen MR) is 145 cm³/mol.